The number of hydrogen-bond acceptors (Lipinski definition) is 3. The summed E-state index contributed by atoms with van der Waals surface area (Å²) in [5, 5.41) is 10.3. The van der Waals surface area contributed by atoms with Crippen molar-refractivity contribution in [3.05, 3.63) is 95.1 Å². The molecule has 1 amide bonds. The minimum absolute atomic E-state index is 0.122. The van der Waals surface area contributed by atoms with Crippen LogP contribution in [0.25, 0.3) is 0 Å². The van der Waals surface area contributed by atoms with E-state index in [0.29, 0.717) is 38.3 Å². The van der Waals surface area contributed by atoms with E-state index in [1.165, 1.54) is 0 Å². The summed E-state index contributed by atoms with van der Waals surface area (Å²) in [6.07, 6.45) is 1.08. The zero-order valence-electron chi connectivity index (χ0n) is 15.7. The number of nitrogens with zero attached hydrogens (tertiary/aromatic N) is 1. The van der Waals surface area contributed by atoms with Gasteiger partial charge in [0.05, 0.1) is 6.42 Å². The van der Waals surface area contributed by atoms with Crippen LogP contribution in [0.2, 0.25) is 0 Å². The van der Waals surface area contributed by atoms with Crippen LogP contribution in [0.15, 0.2) is 72.8 Å². The Morgan fingerprint density at radius 3 is 2.32 bits per heavy atom. The molecule has 0 unspecified atom stereocenters. The number of carbonyl (C=O) groups is 1. The van der Waals surface area contributed by atoms with Gasteiger partial charge >= 0.3 is 0 Å². The number of phenols is 1. The lowest BCUT2D eigenvalue weighted by molar-refractivity contribution is -0.131. The third-order valence-corrected chi connectivity index (χ3v) is 5.11. The van der Waals surface area contributed by atoms with E-state index < -0.39 is 0 Å². The molecule has 4 nitrogen and oxygen atoms in total. The average Bonchev–Trinajstić information content (AvgIpc) is 2.74. The fourth-order valence-electron chi connectivity index (χ4n) is 3.60. The number of benzene rings is 3. The second-order valence-corrected chi connectivity index (χ2v) is 7.05. The van der Waals surface area contributed by atoms with Crippen molar-refractivity contribution < 1.29 is 14.6 Å². The van der Waals surface area contributed by atoms with Gasteiger partial charge in [-0.2, -0.15) is 0 Å². The lowest BCUT2D eigenvalue weighted by Gasteiger charge is -2.30. The van der Waals surface area contributed by atoms with Crippen LogP contribution in [-0.4, -0.2) is 22.5 Å². The van der Waals surface area contributed by atoms with E-state index in [1.807, 2.05) is 71.6 Å². The van der Waals surface area contributed by atoms with Gasteiger partial charge in [-0.15, -0.1) is 0 Å². The number of phenolic OH excluding ortho intramolecular Hbond substituents is 1. The Labute approximate surface area is 165 Å². The van der Waals surface area contributed by atoms with Gasteiger partial charge in [0.2, 0.25) is 5.91 Å². The molecule has 3 aromatic rings. The molecule has 0 spiro atoms. The standard InChI is InChI=1S/C24H23NO3/c26-22-12-11-20-16-25(23(27)15-18-7-3-1-4-8-18)14-13-21(20)24(22)28-17-19-9-5-2-6-10-19/h1-12,26H,13-17H2. The Balaban J connectivity index is 1.48. The van der Waals surface area contributed by atoms with Crippen molar-refractivity contribution in [2.24, 2.45) is 0 Å². The normalized spacial score (nSPS) is 13.1. The van der Waals surface area contributed by atoms with Gasteiger partial charge in [0.1, 0.15) is 6.61 Å². The molecule has 4 heteroatoms. The quantitative estimate of drug-likeness (QED) is 0.733. The van der Waals surface area contributed by atoms with Gasteiger partial charge in [0, 0.05) is 18.7 Å². The molecular weight excluding hydrogens is 350 g/mol. The molecule has 0 saturated carbocycles. The zero-order valence-corrected chi connectivity index (χ0v) is 15.7. The summed E-state index contributed by atoms with van der Waals surface area (Å²) in [4.78, 5) is 14.6. The van der Waals surface area contributed by atoms with Crippen molar-refractivity contribution in [2.75, 3.05) is 6.54 Å². The van der Waals surface area contributed by atoms with E-state index in [0.717, 1.165) is 22.3 Å². The van der Waals surface area contributed by atoms with Crippen molar-refractivity contribution in [1.82, 2.24) is 4.90 Å². The molecule has 0 fully saturated rings. The molecule has 4 rings (SSSR count). The number of hydrogen-bond donors (Lipinski definition) is 1. The highest BCUT2D eigenvalue weighted by atomic mass is 16.5. The summed E-state index contributed by atoms with van der Waals surface area (Å²) in [5.41, 5.74) is 4.11. The van der Waals surface area contributed by atoms with Gasteiger partial charge in [0.25, 0.3) is 0 Å². The van der Waals surface area contributed by atoms with Crippen LogP contribution in [0.5, 0.6) is 11.5 Å². The molecule has 3 aromatic carbocycles. The molecule has 1 aliphatic rings. The summed E-state index contributed by atoms with van der Waals surface area (Å²) in [6.45, 7) is 1.58. The minimum Gasteiger partial charge on any atom is -0.504 e. The van der Waals surface area contributed by atoms with Crippen molar-refractivity contribution in [3.63, 3.8) is 0 Å². The van der Waals surface area contributed by atoms with E-state index >= 15 is 0 Å². The monoisotopic (exact) mass is 373 g/mol. The van der Waals surface area contributed by atoms with Gasteiger partial charge in [0.15, 0.2) is 11.5 Å². The Morgan fingerprint density at radius 1 is 0.929 bits per heavy atom. The number of carbonyl (C=O) groups excluding carboxylic acids is 1. The molecule has 1 heterocycles. The van der Waals surface area contributed by atoms with Crippen LogP contribution >= 0.6 is 0 Å². The second-order valence-electron chi connectivity index (χ2n) is 7.05. The predicted molar refractivity (Wildman–Crippen MR) is 108 cm³/mol. The molecule has 142 valence electrons. The highest BCUT2D eigenvalue weighted by molar-refractivity contribution is 5.79. The van der Waals surface area contributed by atoms with E-state index in [-0.39, 0.29) is 11.7 Å². The van der Waals surface area contributed by atoms with Crippen LogP contribution in [0, 0.1) is 0 Å². The van der Waals surface area contributed by atoms with E-state index in [4.69, 9.17) is 4.74 Å². The summed E-state index contributed by atoms with van der Waals surface area (Å²) >= 11 is 0. The predicted octanol–water partition coefficient (Wildman–Crippen LogP) is 4.10. The average molecular weight is 373 g/mol. The molecule has 0 aliphatic carbocycles. The molecule has 1 N–H and O–H groups in total. The van der Waals surface area contributed by atoms with Crippen LogP contribution in [0.1, 0.15) is 22.3 Å². The highest BCUT2D eigenvalue weighted by Gasteiger charge is 2.24. The maximum atomic E-state index is 12.7. The number of fused-ring (bicyclic) bond motifs is 1. The lowest BCUT2D eigenvalue weighted by atomic mass is 9.97. The highest BCUT2D eigenvalue weighted by Crippen LogP contribution is 2.36. The topological polar surface area (TPSA) is 49.8 Å². The third-order valence-electron chi connectivity index (χ3n) is 5.11. The molecule has 0 radical (unpaired) electrons. The Kier molecular flexibility index (Phi) is 5.29. The Hall–Kier alpha value is -3.27. The number of rotatable bonds is 5. The van der Waals surface area contributed by atoms with Crippen molar-refractivity contribution in [3.8, 4) is 11.5 Å². The smallest absolute Gasteiger partial charge is 0.227 e. The van der Waals surface area contributed by atoms with Crippen LogP contribution in [0.4, 0.5) is 0 Å². The third kappa shape index (κ3) is 4.01. The first-order chi connectivity index (χ1) is 13.7. The van der Waals surface area contributed by atoms with Crippen molar-refractivity contribution >= 4 is 5.91 Å². The first kappa shape index (κ1) is 18.1. The van der Waals surface area contributed by atoms with Gasteiger partial charge in [-0.05, 0) is 29.2 Å². The lowest BCUT2D eigenvalue weighted by Crippen LogP contribution is -2.37. The Bertz CT molecular complexity index is 954. The van der Waals surface area contributed by atoms with Gasteiger partial charge in [-0.3, -0.25) is 4.79 Å². The van der Waals surface area contributed by atoms with Crippen LogP contribution in [-0.2, 0) is 30.8 Å². The molecule has 28 heavy (non-hydrogen) atoms. The number of ether oxygens (including phenoxy) is 1. The summed E-state index contributed by atoms with van der Waals surface area (Å²) in [5.74, 6) is 0.812. The van der Waals surface area contributed by atoms with Crippen LogP contribution in [0.3, 0.4) is 0 Å². The molecular formula is C24H23NO3. The number of aromatic hydroxyl groups is 1. The van der Waals surface area contributed by atoms with E-state index in [2.05, 4.69) is 0 Å². The fraction of sp³-hybridized carbons (Fsp3) is 0.208. The second kappa shape index (κ2) is 8.17. The SMILES string of the molecule is O=C(Cc1ccccc1)N1CCc2c(ccc(O)c2OCc2ccccc2)C1. The zero-order chi connectivity index (χ0) is 19.3. The first-order valence-electron chi connectivity index (χ1n) is 9.53. The molecule has 0 aromatic heterocycles. The van der Waals surface area contributed by atoms with E-state index in [1.54, 1.807) is 6.07 Å². The maximum Gasteiger partial charge on any atom is 0.227 e. The van der Waals surface area contributed by atoms with E-state index in [9.17, 15) is 9.90 Å². The van der Waals surface area contributed by atoms with Gasteiger partial charge < -0.3 is 14.7 Å². The van der Waals surface area contributed by atoms with Crippen LogP contribution < -0.4 is 4.74 Å². The van der Waals surface area contributed by atoms with Gasteiger partial charge in [-0.1, -0.05) is 66.7 Å². The maximum absolute atomic E-state index is 12.7. The number of amides is 1. The van der Waals surface area contributed by atoms with Crippen molar-refractivity contribution in [2.45, 2.75) is 26.0 Å². The largest absolute Gasteiger partial charge is 0.504 e. The Morgan fingerprint density at radius 2 is 1.61 bits per heavy atom. The molecule has 1 aliphatic heterocycles. The molecule has 0 bridgehead atoms. The summed E-state index contributed by atoms with van der Waals surface area (Å²) < 4.78 is 5.96. The van der Waals surface area contributed by atoms with Gasteiger partial charge in [-0.25, -0.2) is 0 Å². The molecule has 0 saturated heterocycles. The van der Waals surface area contributed by atoms with Crippen molar-refractivity contribution in [1.29, 1.82) is 0 Å². The summed E-state index contributed by atoms with van der Waals surface area (Å²) in [6, 6.07) is 23.2. The first-order valence-corrected chi connectivity index (χ1v) is 9.53. The summed E-state index contributed by atoms with van der Waals surface area (Å²) in [7, 11) is 0. The fourth-order valence-corrected chi connectivity index (χ4v) is 3.60. The minimum atomic E-state index is 0.122. The molecule has 0 atom stereocenters.